The lowest BCUT2D eigenvalue weighted by Crippen LogP contribution is -2.32. The van der Waals surface area contributed by atoms with E-state index in [2.05, 4.69) is 50.4 Å². The summed E-state index contributed by atoms with van der Waals surface area (Å²) in [6, 6.07) is 14.6. The first-order chi connectivity index (χ1) is 11.9. The molecule has 1 saturated heterocycles. The number of likely N-dealkylation sites (tertiary alicyclic amines) is 1. The quantitative estimate of drug-likeness (QED) is 0.736. The van der Waals surface area contributed by atoms with Gasteiger partial charge in [-0.15, -0.1) is 0 Å². The molecular weight excluding hydrogens is 300 g/mol. The number of pyridine rings is 1. The first kappa shape index (κ1) is 15.0. The van der Waals surface area contributed by atoms with Crippen molar-refractivity contribution in [2.24, 2.45) is 0 Å². The first-order valence-electron chi connectivity index (χ1n) is 8.39. The third-order valence-electron chi connectivity index (χ3n) is 4.61. The minimum atomic E-state index is 0.609. The largest absolute Gasteiger partial charge is 0.338 e. The Hall–Kier alpha value is -2.53. The molecule has 1 aliphatic heterocycles. The SMILES string of the molecule is c1ccc(C2CCN(Cc3nc(-c4cccnc4)no3)CC2)cc1. The molecule has 0 unspecified atom stereocenters. The molecule has 3 heterocycles. The van der Waals surface area contributed by atoms with Gasteiger partial charge in [0.1, 0.15) is 0 Å². The van der Waals surface area contributed by atoms with E-state index in [4.69, 9.17) is 4.52 Å². The fourth-order valence-corrected chi connectivity index (χ4v) is 3.27. The van der Waals surface area contributed by atoms with Crippen LogP contribution >= 0.6 is 0 Å². The van der Waals surface area contributed by atoms with Crippen molar-refractivity contribution in [3.05, 3.63) is 66.3 Å². The zero-order valence-corrected chi connectivity index (χ0v) is 13.5. The van der Waals surface area contributed by atoms with Gasteiger partial charge in [0.25, 0.3) is 0 Å². The lowest BCUT2D eigenvalue weighted by atomic mass is 9.89. The third-order valence-corrected chi connectivity index (χ3v) is 4.61. The second kappa shape index (κ2) is 6.93. The molecule has 5 heteroatoms. The molecule has 0 spiro atoms. The Kier molecular flexibility index (Phi) is 4.34. The van der Waals surface area contributed by atoms with E-state index < -0.39 is 0 Å². The summed E-state index contributed by atoms with van der Waals surface area (Å²) in [6.45, 7) is 2.84. The predicted molar refractivity (Wildman–Crippen MR) is 91.2 cm³/mol. The van der Waals surface area contributed by atoms with Crippen LogP contribution < -0.4 is 0 Å². The maximum atomic E-state index is 5.40. The molecule has 24 heavy (non-hydrogen) atoms. The van der Waals surface area contributed by atoms with Crippen molar-refractivity contribution in [3.63, 3.8) is 0 Å². The van der Waals surface area contributed by atoms with Gasteiger partial charge in [0, 0.05) is 18.0 Å². The average Bonchev–Trinajstić information content (AvgIpc) is 3.12. The normalized spacial score (nSPS) is 16.3. The average molecular weight is 320 g/mol. The van der Waals surface area contributed by atoms with E-state index in [0.717, 1.165) is 25.2 Å². The van der Waals surface area contributed by atoms with E-state index in [1.807, 2.05) is 12.1 Å². The summed E-state index contributed by atoms with van der Waals surface area (Å²) in [4.78, 5) is 11.0. The lowest BCUT2D eigenvalue weighted by Gasteiger charge is -2.31. The molecule has 0 bridgehead atoms. The Morgan fingerprint density at radius 3 is 2.62 bits per heavy atom. The highest BCUT2D eigenvalue weighted by molar-refractivity contribution is 5.51. The Morgan fingerprint density at radius 2 is 1.88 bits per heavy atom. The van der Waals surface area contributed by atoms with Crippen LogP contribution in [-0.4, -0.2) is 33.1 Å². The molecule has 0 atom stereocenters. The van der Waals surface area contributed by atoms with Gasteiger partial charge in [0.15, 0.2) is 0 Å². The zero-order valence-electron chi connectivity index (χ0n) is 13.5. The molecule has 2 aromatic heterocycles. The number of hydrogen-bond acceptors (Lipinski definition) is 5. The van der Waals surface area contributed by atoms with Gasteiger partial charge in [0.2, 0.25) is 11.7 Å². The van der Waals surface area contributed by atoms with Gasteiger partial charge in [-0.05, 0) is 49.5 Å². The molecule has 4 rings (SSSR count). The Balaban J connectivity index is 1.35. The van der Waals surface area contributed by atoms with Gasteiger partial charge >= 0.3 is 0 Å². The summed E-state index contributed by atoms with van der Waals surface area (Å²) in [5.41, 5.74) is 2.34. The molecule has 0 N–H and O–H groups in total. The fraction of sp³-hybridized carbons (Fsp3) is 0.316. The van der Waals surface area contributed by atoms with Crippen LogP contribution in [0.3, 0.4) is 0 Å². The van der Waals surface area contributed by atoms with Gasteiger partial charge in [0.05, 0.1) is 6.54 Å². The van der Waals surface area contributed by atoms with E-state index in [-0.39, 0.29) is 0 Å². The second-order valence-electron chi connectivity index (χ2n) is 6.21. The molecule has 0 aliphatic carbocycles. The van der Waals surface area contributed by atoms with Gasteiger partial charge < -0.3 is 4.52 Å². The smallest absolute Gasteiger partial charge is 0.241 e. The molecule has 1 aromatic carbocycles. The highest BCUT2D eigenvalue weighted by atomic mass is 16.5. The standard InChI is InChI=1S/C19H20N4O/c1-2-5-15(6-3-1)16-8-11-23(12-9-16)14-18-21-19(22-24-18)17-7-4-10-20-13-17/h1-7,10,13,16H,8-9,11-12,14H2. The van der Waals surface area contributed by atoms with E-state index in [0.29, 0.717) is 17.6 Å². The second-order valence-corrected chi connectivity index (χ2v) is 6.21. The molecule has 0 amide bonds. The monoisotopic (exact) mass is 320 g/mol. The van der Waals surface area contributed by atoms with Crippen molar-refractivity contribution >= 4 is 0 Å². The van der Waals surface area contributed by atoms with Gasteiger partial charge in [-0.3, -0.25) is 9.88 Å². The van der Waals surface area contributed by atoms with E-state index in [9.17, 15) is 0 Å². The summed E-state index contributed by atoms with van der Waals surface area (Å²) in [7, 11) is 0. The summed E-state index contributed by atoms with van der Waals surface area (Å²) in [6.07, 6.45) is 5.84. The molecule has 122 valence electrons. The number of benzene rings is 1. The van der Waals surface area contributed by atoms with Crippen LogP contribution in [0.25, 0.3) is 11.4 Å². The van der Waals surface area contributed by atoms with Gasteiger partial charge in [-0.25, -0.2) is 0 Å². The molecule has 1 fully saturated rings. The number of nitrogens with zero attached hydrogens (tertiary/aromatic N) is 4. The minimum absolute atomic E-state index is 0.609. The van der Waals surface area contributed by atoms with Crippen molar-refractivity contribution in [3.8, 4) is 11.4 Å². The van der Waals surface area contributed by atoms with Crippen LogP contribution in [0.15, 0.2) is 59.4 Å². The van der Waals surface area contributed by atoms with Crippen molar-refractivity contribution in [2.75, 3.05) is 13.1 Å². The van der Waals surface area contributed by atoms with Crippen LogP contribution in [-0.2, 0) is 6.54 Å². The van der Waals surface area contributed by atoms with Crippen molar-refractivity contribution in [1.82, 2.24) is 20.0 Å². The summed E-state index contributed by atoms with van der Waals surface area (Å²) >= 11 is 0. The van der Waals surface area contributed by atoms with Crippen molar-refractivity contribution in [1.29, 1.82) is 0 Å². The summed E-state index contributed by atoms with van der Waals surface area (Å²) < 4.78 is 5.40. The molecule has 3 aromatic rings. The van der Waals surface area contributed by atoms with E-state index in [1.165, 1.54) is 18.4 Å². The van der Waals surface area contributed by atoms with Gasteiger partial charge in [-0.2, -0.15) is 4.98 Å². The summed E-state index contributed by atoms with van der Waals surface area (Å²) in [5, 5.41) is 4.06. The number of hydrogen-bond donors (Lipinski definition) is 0. The van der Waals surface area contributed by atoms with Gasteiger partial charge in [-0.1, -0.05) is 35.5 Å². The first-order valence-corrected chi connectivity index (χ1v) is 8.39. The molecular formula is C19H20N4O. The van der Waals surface area contributed by atoms with Crippen LogP contribution in [0, 0.1) is 0 Å². The van der Waals surface area contributed by atoms with E-state index in [1.54, 1.807) is 12.4 Å². The van der Waals surface area contributed by atoms with Crippen LogP contribution in [0.5, 0.6) is 0 Å². The third kappa shape index (κ3) is 3.36. The molecule has 1 aliphatic rings. The maximum Gasteiger partial charge on any atom is 0.241 e. The van der Waals surface area contributed by atoms with Crippen molar-refractivity contribution < 1.29 is 4.52 Å². The Labute approximate surface area is 141 Å². The Bertz CT molecular complexity index is 764. The highest BCUT2D eigenvalue weighted by Crippen LogP contribution is 2.28. The molecule has 0 saturated carbocycles. The van der Waals surface area contributed by atoms with Crippen LogP contribution in [0.2, 0.25) is 0 Å². The Morgan fingerprint density at radius 1 is 1.04 bits per heavy atom. The molecule has 5 nitrogen and oxygen atoms in total. The maximum absolute atomic E-state index is 5.40. The van der Waals surface area contributed by atoms with Crippen molar-refractivity contribution in [2.45, 2.75) is 25.3 Å². The van der Waals surface area contributed by atoms with E-state index >= 15 is 0 Å². The predicted octanol–water partition coefficient (Wildman–Crippen LogP) is 3.51. The number of piperidine rings is 1. The minimum Gasteiger partial charge on any atom is -0.338 e. The van der Waals surface area contributed by atoms with Crippen LogP contribution in [0.1, 0.15) is 30.2 Å². The number of rotatable bonds is 4. The van der Waals surface area contributed by atoms with Crippen LogP contribution in [0.4, 0.5) is 0 Å². The fourth-order valence-electron chi connectivity index (χ4n) is 3.27. The topological polar surface area (TPSA) is 55.1 Å². The molecule has 0 radical (unpaired) electrons. The lowest BCUT2D eigenvalue weighted by molar-refractivity contribution is 0.181. The highest BCUT2D eigenvalue weighted by Gasteiger charge is 2.22. The summed E-state index contributed by atoms with van der Waals surface area (Å²) in [5.74, 6) is 1.94. The zero-order chi connectivity index (χ0) is 16.2. The number of aromatic nitrogens is 3.